The van der Waals surface area contributed by atoms with Crippen LogP contribution < -0.4 is 0 Å². The van der Waals surface area contributed by atoms with Crippen LogP contribution in [0.15, 0.2) is 48.5 Å². The number of nitrogens with zero attached hydrogens (tertiary/aromatic N) is 2. The lowest BCUT2D eigenvalue weighted by atomic mass is 10.0. The van der Waals surface area contributed by atoms with E-state index < -0.39 is 0 Å². The van der Waals surface area contributed by atoms with Crippen molar-refractivity contribution in [3.8, 4) is 0 Å². The molecule has 26 heavy (non-hydrogen) atoms. The molecule has 4 heteroatoms. The maximum Gasteiger partial charge on any atom is 0.362 e. The molecule has 2 fully saturated rings. The Balaban J connectivity index is 1.53. The monoisotopic (exact) mass is 349 g/mol. The Kier molecular flexibility index (Phi) is 3.75. The Labute approximate surface area is 153 Å². The molecule has 0 bridgehead atoms. The summed E-state index contributed by atoms with van der Waals surface area (Å²) in [6, 6.07) is 17.1. The van der Waals surface area contributed by atoms with E-state index in [-0.39, 0.29) is 12.1 Å². The Morgan fingerprint density at radius 1 is 0.923 bits per heavy atom. The summed E-state index contributed by atoms with van der Waals surface area (Å²) in [6.07, 6.45) is 3.71. The lowest BCUT2D eigenvalue weighted by Crippen LogP contribution is -2.62. The number of para-hydroxylation sites is 2. The third kappa shape index (κ3) is 2.60. The van der Waals surface area contributed by atoms with Crippen molar-refractivity contribution >= 4 is 27.8 Å². The number of rotatable bonds is 2. The average molecular weight is 349 g/mol. The summed E-state index contributed by atoms with van der Waals surface area (Å²) in [5, 5.41) is 2.54. The van der Waals surface area contributed by atoms with Crippen molar-refractivity contribution in [3.05, 3.63) is 48.5 Å². The minimum Gasteiger partial charge on any atom is -0.450 e. The zero-order chi connectivity index (χ0) is 17.6. The Morgan fingerprint density at radius 3 is 2.19 bits per heavy atom. The zero-order valence-electron chi connectivity index (χ0n) is 15.1. The molecule has 4 nitrogen and oxygen atoms in total. The van der Waals surface area contributed by atoms with E-state index in [1.807, 2.05) is 0 Å². The molecule has 1 atom stereocenters. The normalized spacial score (nSPS) is 22.8. The van der Waals surface area contributed by atoms with Crippen molar-refractivity contribution in [1.82, 2.24) is 4.57 Å². The number of cyclic esters (lactones) is 1. The summed E-state index contributed by atoms with van der Waals surface area (Å²) in [6.45, 7) is 4.49. The molecule has 5 rings (SSSR count). The van der Waals surface area contributed by atoms with Crippen LogP contribution in [0.5, 0.6) is 0 Å². The van der Waals surface area contributed by atoms with Crippen LogP contribution >= 0.6 is 0 Å². The minimum atomic E-state index is -0.0476. The average Bonchev–Trinajstić information content (AvgIpc) is 2.96. The number of aromatic nitrogens is 1. The molecule has 134 valence electrons. The Hall–Kier alpha value is -2.33. The summed E-state index contributed by atoms with van der Waals surface area (Å²) in [5.74, 6) is -0.0242. The first kappa shape index (κ1) is 15.9. The first-order chi connectivity index (χ1) is 12.7. The fraction of sp³-hybridized carbons (Fsp3) is 0.409. The van der Waals surface area contributed by atoms with Gasteiger partial charge in [-0.05, 0) is 31.4 Å². The molecule has 2 aromatic carbocycles. The van der Waals surface area contributed by atoms with E-state index in [0.29, 0.717) is 6.54 Å². The van der Waals surface area contributed by atoms with E-state index in [0.717, 1.165) is 30.7 Å². The number of fused-ring (bicyclic) bond motifs is 3. The van der Waals surface area contributed by atoms with Crippen LogP contribution in [0, 0.1) is 0 Å². The van der Waals surface area contributed by atoms with Crippen LogP contribution in [0.3, 0.4) is 0 Å². The van der Waals surface area contributed by atoms with Gasteiger partial charge in [-0.25, -0.2) is 4.79 Å². The van der Waals surface area contributed by atoms with Gasteiger partial charge in [0.15, 0.2) is 12.6 Å². The van der Waals surface area contributed by atoms with Gasteiger partial charge in [-0.3, -0.25) is 0 Å². The molecular weight excluding hydrogens is 324 g/mol. The highest BCUT2D eigenvalue weighted by atomic mass is 16.5. The van der Waals surface area contributed by atoms with Gasteiger partial charge in [0.1, 0.15) is 6.54 Å². The molecule has 1 spiro atoms. The molecule has 2 aliphatic heterocycles. The number of piperidine rings is 1. The van der Waals surface area contributed by atoms with Gasteiger partial charge in [0.25, 0.3) is 0 Å². The van der Waals surface area contributed by atoms with Gasteiger partial charge in [0.2, 0.25) is 0 Å². The number of quaternary nitrogens is 1. The standard InChI is InChI=1S/C22H25N2O2/c25-22-16-24(12-6-1-7-13-24)15-17(26-22)14-23-20-10-4-2-8-18(20)19-9-3-5-11-21(19)23/h2-5,8-11,17H,1,6-7,12-16H2/q+1. The highest BCUT2D eigenvalue weighted by Gasteiger charge is 2.41. The number of hydrogen-bond acceptors (Lipinski definition) is 2. The number of esters is 1. The predicted molar refractivity (Wildman–Crippen MR) is 103 cm³/mol. The first-order valence-corrected chi connectivity index (χ1v) is 9.75. The summed E-state index contributed by atoms with van der Waals surface area (Å²) in [5.41, 5.74) is 2.45. The minimum absolute atomic E-state index is 0.0242. The number of morpholine rings is 1. The van der Waals surface area contributed by atoms with Gasteiger partial charge in [0.05, 0.1) is 19.6 Å². The number of carbonyl (C=O) groups excluding carboxylic acids is 1. The summed E-state index contributed by atoms with van der Waals surface area (Å²) >= 11 is 0. The fourth-order valence-electron chi connectivity index (χ4n) is 5.05. The van der Waals surface area contributed by atoms with Gasteiger partial charge < -0.3 is 13.8 Å². The van der Waals surface area contributed by atoms with Crippen LogP contribution in [0.2, 0.25) is 0 Å². The molecule has 0 radical (unpaired) electrons. The van der Waals surface area contributed by atoms with Crippen molar-refractivity contribution in [1.29, 1.82) is 0 Å². The van der Waals surface area contributed by atoms with Gasteiger partial charge in [-0.1, -0.05) is 36.4 Å². The third-order valence-corrected chi connectivity index (χ3v) is 6.18. The molecule has 2 saturated heterocycles. The van der Waals surface area contributed by atoms with Gasteiger partial charge in [-0.2, -0.15) is 0 Å². The number of carbonyl (C=O) groups is 1. The van der Waals surface area contributed by atoms with E-state index in [9.17, 15) is 4.79 Å². The first-order valence-electron chi connectivity index (χ1n) is 9.75. The van der Waals surface area contributed by atoms with Crippen LogP contribution in [0.4, 0.5) is 0 Å². The lowest BCUT2D eigenvalue weighted by molar-refractivity contribution is -0.932. The van der Waals surface area contributed by atoms with E-state index >= 15 is 0 Å². The molecule has 2 aliphatic rings. The van der Waals surface area contributed by atoms with Crippen LogP contribution in [-0.4, -0.2) is 47.3 Å². The molecule has 3 heterocycles. The van der Waals surface area contributed by atoms with Crippen molar-refractivity contribution in [2.45, 2.75) is 31.9 Å². The van der Waals surface area contributed by atoms with E-state index in [1.165, 1.54) is 41.1 Å². The second-order valence-corrected chi connectivity index (χ2v) is 7.95. The highest BCUT2D eigenvalue weighted by molar-refractivity contribution is 6.07. The summed E-state index contributed by atoms with van der Waals surface area (Å²) in [4.78, 5) is 12.4. The maximum absolute atomic E-state index is 12.4. The molecule has 3 aromatic rings. The molecule has 0 saturated carbocycles. The molecule has 1 unspecified atom stereocenters. The van der Waals surface area contributed by atoms with Crippen LogP contribution in [0.25, 0.3) is 21.8 Å². The SMILES string of the molecule is O=C1C[N+]2(CCCCC2)CC(Cn2c3ccccc3c3ccccc32)O1. The van der Waals surface area contributed by atoms with Crippen molar-refractivity contribution in [2.24, 2.45) is 0 Å². The smallest absolute Gasteiger partial charge is 0.362 e. The second kappa shape index (κ2) is 6.13. The molecule has 1 aromatic heterocycles. The van der Waals surface area contributed by atoms with Gasteiger partial charge >= 0.3 is 5.97 Å². The Morgan fingerprint density at radius 2 is 1.54 bits per heavy atom. The molecule has 0 amide bonds. The topological polar surface area (TPSA) is 31.2 Å². The maximum atomic E-state index is 12.4. The zero-order valence-corrected chi connectivity index (χ0v) is 15.1. The molecular formula is C22H25N2O2+. The number of hydrogen-bond donors (Lipinski definition) is 0. The predicted octanol–water partition coefficient (Wildman–Crippen LogP) is 3.72. The quantitative estimate of drug-likeness (QED) is 0.521. The second-order valence-electron chi connectivity index (χ2n) is 7.95. The van der Waals surface area contributed by atoms with Crippen molar-refractivity contribution < 1.29 is 14.0 Å². The van der Waals surface area contributed by atoms with Gasteiger partial charge in [-0.15, -0.1) is 0 Å². The number of benzene rings is 2. The van der Waals surface area contributed by atoms with E-state index in [4.69, 9.17) is 4.74 Å². The largest absolute Gasteiger partial charge is 0.450 e. The fourth-order valence-corrected chi connectivity index (χ4v) is 5.05. The van der Waals surface area contributed by atoms with E-state index in [1.54, 1.807) is 0 Å². The van der Waals surface area contributed by atoms with Crippen LogP contribution in [0.1, 0.15) is 19.3 Å². The van der Waals surface area contributed by atoms with E-state index in [2.05, 4.69) is 53.1 Å². The summed E-state index contributed by atoms with van der Waals surface area (Å²) in [7, 11) is 0. The summed E-state index contributed by atoms with van der Waals surface area (Å²) < 4.78 is 9.08. The highest BCUT2D eigenvalue weighted by Crippen LogP contribution is 2.30. The lowest BCUT2D eigenvalue weighted by Gasteiger charge is -2.45. The molecule has 0 aliphatic carbocycles. The van der Waals surface area contributed by atoms with Crippen molar-refractivity contribution in [2.75, 3.05) is 26.2 Å². The number of ether oxygens (including phenoxy) is 1. The van der Waals surface area contributed by atoms with Gasteiger partial charge in [0, 0.05) is 21.8 Å². The third-order valence-electron chi connectivity index (χ3n) is 6.18. The van der Waals surface area contributed by atoms with Crippen LogP contribution in [-0.2, 0) is 16.1 Å². The molecule has 0 N–H and O–H groups in total. The Bertz CT molecular complexity index is 915. The van der Waals surface area contributed by atoms with Crippen molar-refractivity contribution in [3.63, 3.8) is 0 Å².